The summed E-state index contributed by atoms with van der Waals surface area (Å²) in [7, 11) is -4.01. The van der Waals surface area contributed by atoms with Gasteiger partial charge in [0.15, 0.2) is 5.75 Å². The van der Waals surface area contributed by atoms with Crippen LogP contribution >= 0.6 is 23.2 Å². The van der Waals surface area contributed by atoms with Gasteiger partial charge in [0.05, 0.1) is 21.3 Å². The van der Waals surface area contributed by atoms with Gasteiger partial charge in [-0.25, -0.2) is 8.42 Å². The van der Waals surface area contributed by atoms with Gasteiger partial charge in [0.2, 0.25) is 0 Å². The SMILES string of the molecule is O=C1c2ccccc2S(=O)(=O)N1c1cc(Cl)c(O)c(Cl)c1. The molecular weight excluding hydrogens is 337 g/mol. The molecule has 0 atom stereocenters. The lowest BCUT2D eigenvalue weighted by Crippen LogP contribution is -2.29. The van der Waals surface area contributed by atoms with E-state index >= 15 is 0 Å². The van der Waals surface area contributed by atoms with Crippen molar-refractivity contribution in [1.29, 1.82) is 0 Å². The molecule has 0 radical (unpaired) electrons. The number of rotatable bonds is 1. The number of phenols is 1. The normalized spacial score (nSPS) is 16.1. The van der Waals surface area contributed by atoms with E-state index < -0.39 is 15.9 Å². The molecule has 21 heavy (non-hydrogen) atoms. The van der Waals surface area contributed by atoms with Crippen molar-refractivity contribution in [3.8, 4) is 5.75 Å². The van der Waals surface area contributed by atoms with Crippen LogP contribution in [0.15, 0.2) is 41.3 Å². The van der Waals surface area contributed by atoms with Crippen LogP contribution in [0.5, 0.6) is 5.75 Å². The molecule has 5 nitrogen and oxygen atoms in total. The van der Waals surface area contributed by atoms with Crippen LogP contribution in [0.1, 0.15) is 10.4 Å². The number of sulfonamides is 1. The second-order valence-corrected chi connectivity index (χ2v) is 6.90. The Hall–Kier alpha value is -1.76. The highest BCUT2D eigenvalue weighted by molar-refractivity contribution is 7.94. The van der Waals surface area contributed by atoms with Gasteiger partial charge in [0.25, 0.3) is 15.9 Å². The van der Waals surface area contributed by atoms with E-state index in [0.717, 1.165) is 0 Å². The minimum absolute atomic E-state index is 0.0241. The number of hydrogen-bond acceptors (Lipinski definition) is 4. The molecule has 3 rings (SSSR count). The average Bonchev–Trinajstić information content (AvgIpc) is 2.64. The van der Waals surface area contributed by atoms with Gasteiger partial charge < -0.3 is 5.11 Å². The third-order valence-electron chi connectivity index (χ3n) is 3.06. The molecule has 1 amide bonds. The fraction of sp³-hybridized carbons (Fsp3) is 0. The number of carbonyl (C=O) groups excluding carboxylic acids is 1. The summed E-state index contributed by atoms with van der Waals surface area (Å²) < 4.78 is 25.5. The van der Waals surface area contributed by atoms with Gasteiger partial charge in [-0.05, 0) is 24.3 Å². The zero-order valence-corrected chi connectivity index (χ0v) is 12.6. The summed E-state index contributed by atoms with van der Waals surface area (Å²) in [5.74, 6) is -1.06. The molecule has 2 aromatic rings. The quantitative estimate of drug-likeness (QED) is 0.863. The van der Waals surface area contributed by atoms with Crippen LogP contribution in [0.4, 0.5) is 5.69 Å². The molecule has 0 unspecified atom stereocenters. The fourth-order valence-electron chi connectivity index (χ4n) is 2.11. The summed E-state index contributed by atoms with van der Waals surface area (Å²) in [6.45, 7) is 0. The van der Waals surface area contributed by atoms with Crippen molar-refractivity contribution in [2.75, 3.05) is 4.31 Å². The number of fused-ring (bicyclic) bond motifs is 1. The highest BCUT2D eigenvalue weighted by atomic mass is 35.5. The van der Waals surface area contributed by atoms with E-state index in [4.69, 9.17) is 23.2 Å². The van der Waals surface area contributed by atoms with Crippen molar-refractivity contribution in [2.24, 2.45) is 0 Å². The lowest BCUT2D eigenvalue weighted by Gasteiger charge is -2.16. The Balaban J connectivity index is 2.24. The van der Waals surface area contributed by atoms with Gasteiger partial charge in [-0.2, -0.15) is 4.31 Å². The minimum Gasteiger partial charge on any atom is -0.505 e. The molecule has 0 bridgehead atoms. The van der Waals surface area contributed by atoms with Gasteiger partial charge in [0.1, 0.15) is 4.90 Å². The molecule has 8 heteroatoms. The van der Waals surface area contributed by atoms with Crippen molar-refractivity contribution in [2.45, 2.75) is 4.90 Å². The van der Waals surface area contributed by atoms with E-state index in [1.807, 2.05) is 0 Å². The topological polar surface area (TPSA) is 74.7 Å². The predicted molar refractivity (Wildman–Crippen MR) is 78.6 cm³/mol. The average molecular weight is 344 g/mol. The molecule has 0 aromatic heterocycles. The largest absolute Gasteiger partial charge is 0.505 e. The molecule has 1 aliphatic heterocycles. The van der Waals surface area contributed by atoms with Crippen LogP contribution < -0.4 is 4.31 Å². The van der Waals surface area contributed by atoms with E-state index in [2.05, 4.69) is 0 Å². The minimum atomic E-state index is -4.01. The molecule has 2 aromatic carbocycles. The molecule has 0 aliphatic carbocycles. The van der Waals surface area contributed by atoms with Crippen LogP contribution in [-0.4, -0.2) is 19.4 Å². The van der Waals surface area contributed by atoms with Crippen molar-refractivity contribution >= 4 is 44.8 Å². The first kappa shape index (κ1) is 14.2. The van der Waals surface area contributed by atoms with Crippen LogP contribution in [0, 0.1) is 0 Å². The smallest absolute Gasteiger partial charge is 0.273 e. The first-order valence-corrected chi connectivity index (χ1v) is 7.90. The monoisotopic (exact) mass is 343 g/mol. The Bertz CT molecular complexity index is 856. The highest BCUT2D eigenvalue weighted by Crippen LogP contribution is 2.40. The van der Waals surface area contributed by atoms with Crippen molar-refractivity contribution in [3.63, 3.8) is 0 Å². The molecular formula is C13H7Cl2NO4S. The van der Waals surface area contributed by atoms with Crippen molar-refractivity contribution in [1.82, 2.24) is 0 Å². The van der Waals surface area contributed by atoms with E-state index in [0.29, 0.717) is 4.31 Å². The summed E-state index contributed by atoms with van der Waals surface area (Å²) in [6.07, 6.45) is 0. The number of anilines is 1. The Kier molecular flexibility index (Phi) is 3.12. The Morgan fingerprint density at radius 2 is 1.62 bits per heavy atom. The van der Waals surface area contributed by atoms with E-state index in [-0.39, 0.29) is 31.9 Å². The Morgan fingerprint density at radius 1 is 1.05 bits per heavy atom. The molecule has 1 heterocycles. The van der Waals surface area contributed by atoms with Crippen LogP contribution in [0.25, 0.3) is 0 Å². The first-order valence-electron chi connectivity index (χ1n) is 5.70. The maximum absolute atomic E-state index is 12.5. The predicted octanol–water partition coefficient (Wildman–Crippen LogP) is 3.05. The number of amides is 1. The number of carbonyl (C=O) groups is 1. The molecule has 0 spiro atoms. The number of aromatic hydroxyl groups is 1. The third kappa shape index (κ3) is 1.98. The standard InChI is InChI=1S/C13H7Cl2NO4S/c14-9-5-7(6-10(15)12(9)17)16-13(18)8-3-1-2-4-11(8)21(16,19)20/h1-6,17H. The number of hydrogen-bond donors (Lipinski definition) is 1. The van der Waals surface area contributed by atoms with E-state index in [1.54, 1.807) is 6.07 Å². The summed E-state index contributed by atoms with van der Waals surface area (Å²) in [6, 6.07) is 8.23. The van der Waals surface area contributed by atoms with Crippen molar-refractivity contribution in [3.05, 3.63) is 52.0 Å². The Morgan fingerprint density at radius 3 is 2.19 bits per heavy atom. The summed E-state index contributed by atoms with van der Waals surface area (Å²) >= 11 is 11.6. The second kappa shape index (κ2) is 4.62. The number of benzene rings is 2. The number of phenolic OH excluding ortho intramolecular Hbond substituents is 1. The van der Waals surface area contributed by atoms with Gasteiger partial charge in [-0.3, -0.25) is 4.79 Å². The van der Waals surface area contributed by atoms with Gasteiger partial charge >= 0.3 is 0 Å². The Labute approximate surface area is 130 Å². The summed E-state index contributed by atoms with van der Waals surface area (Å²) in [5, 5.41) is 9.24. The maximum Gasteiger partial charge on any atom is 0.273 e. The lowest BCUT2D eigenvalue weighted by atomic mass is 10.2. The lowest BCUT2D eigenvalue weighted by molar-refractivity contribution is 0.101. The fourth-order valence-corrected chi connectivity index (χ4v) is 4.17. The molecule has 1 N–H and O–H groups in total. The maximum atomic E-state index is 12.5. The highest BCUT2D eigenvalue weighted by Gasteiger charge is 2.42. The van der Waals surface area contributed by atoms with E-state index in [1.165, 1.54) is 30.3 Å². The van der Waals surface area contributed by atoms with Crippen LogP contribution in [-0.2, 0) is 10.0 Å². The molecule has 0 saturated carbocycles. The van der Waals surface area contributed by atoms with E-state index in [9.17, 15) is 18.3 Å². The molecule has 0 fully saturated rings. The number of halogens is 2. The van der Waals surface area contributed by atoms with Gasteiger partial charge in [-0.1, -0.05) is 35.3 Å². The molecule has 108 valence electrons. The second-order valence-electron chi connectivity index (χ2n) is 4.33. The van der Waals surface area contributed by atoms with Crippen LogP contribution in [0.3, 0.4) is 0 Å². The zero-order chi connectivity index (χ0) is 15.4. The van der Waals surface area contributed by atoms with Gasteiger partial charge in [-0.15, -0.1) is 0 Å². The van der Waals surface area contributed by atoms with Crippen molar-refractivity contribution < 1.29 is 18.3 Å². The molecule has 1 aliphatic rings. The third-order valence-corrected chi connectivity index (χ3v) is 5.40. The first-order chi connectivity index (χ1) is 9.84. The number of nitrogens with zero attached hydrogens (tertiary/aromatic N) is 1. The van der Waals surface area contributed by atoms with Gasteiger partial charge in [0, 0.05) is 0 Å². The summed E-state index contributed by atoms with van der Waals surface area (Å²) in [4.78, 5) is 12.2. The molecule has 0 saturated heterocycles. The zero-order valence-electron chi connectivity index (χ0n) is 10.2. The summed E-state index contributed by atoms with van der Waals surface area (Å²) in [5.41, 5.74) is 0.0572. The van der Waals surface area contributed by atoms with Crippen LogP contribution in [0.2, 0.25) is 10.0 Å².